The Morgan fingerprint density at radius 1 is 0.821 bits per heavy atom. The molecule has 28 heavy (non-hydrogen) atoms. The zero-order valence-electron chi connectivity index (χ0n) is 16.0. The first kappa shape index (κ1) is 18.0. The Kier molecular flexibility index (Phi) is 5.48. The van der Waals surface area contributed by atoms with Gasteiger partial charge in [-0.2, -0.15) is 0 Å². The number of nitrogens with one attached hydrogen (secondary N) is 1. The molecular formula is C24H24N4. The Hall–Kier alpha value is -3.40. The van der Waals surface area contributed by atoms with Crippen molar-refractivity contribution < 1.29 is 0 Å². The first-order valence-corrected chi connectivity index (χ1v) is 9.64. The van der Waals surface area contributed by atoms with Crippen LogP contribution in [0.1, 0.15) is 30.1 Å². The van der Waals surface area contributed by atoms with Crippen molar-refractivity contribution in [3.05, 3.63) is 103 Å². The summed E-state index contributed by atoms with van der Waals surface area (Å²) in [7, 11) is 0. The predicted octanol–water partition coefficient (Wildman–Crippen LogP) is 5.88. The van der Waals surface area contributed by atoms with E-state index in [9.17, 15) is 0 Å². The Labute approximate surface area is 165 Å². The Bertz CT molecular complexity index is 991. The lowest BCUT2D eigenvalue weighted by atomic mass is 10.2. The van der Waals surface area contributed by atoms with Crippen molar-refractivity contribution in [1.29, 1.82) is 0 Å². The molecule has 1 N–H and O–H groups in total. The predicted molar refractivity (Wildman–Crippen MR) is 114 cm³/mol. The minimum atomic E-state index is 0.660. The first-order chi connectivity index (χ1) is 13.8. The molecule has 0 saturated heterocycles. The van der Waals surface area contributed by atoms with Gasteiger partial charge in [-0.05, 0) is 62.2 Å². The molecule has 4 aromatic rings. The quantitative estimate of drug-likeness (QED) is 0.489. The Morgan fingerprint density at radius 2 is 1.46 bits per heavy atom. The van der Waals surface area contributed by atoms with Crippen molar-refractivity contribution in [2.75, 3.05) is 5.32 Å². The van der Waals surface area contributed by atoms with Gasteiger partial charge in [-0.1, -0.05) is 36.4 Å². The topological polar surface area (TPSA) is 42.7 Å². The normalized spacial score (nSPS) is 12.8. The minimum Gasteiger partial charge on any atom is -0.324 e. The SMILES string of the molecule is Cc1cc(C2CC2)nc(Nc2ccccc2)n1.c1ccc(-n2cccc2)cc1. The highest BCUT2D eigenvalue weighted by Gasteiger charge is 2.25. The molecule has 0 aliphatic heterocycles. The van der Waals surface area contributed by atoms with Crippen molar-refractivity contribution in [2.45, 2.75) is 25.7 Å². The van der Waals surface area contributed by atoms with E-state index in [1.807, 2.05) is 80.0 Å². The van der Waals surface area contributed by atoms with E-state index in [-0.39, 0.29) is 0 Å². The van der Waals surface area contributed by atoms with Crippen molar-refractivity contribution in [2.24, 2.45) is 0 Å². The number of para-hydroxylation sites is 2. The fourth-order valence-corrected chi connectivity index (χ4v) is 2.99. The monoisotopic (exact) mass is 368 g/mol. The molecule has 1 fully saturated rings. The van der Waals surface area contributed by atoms with Gasteiger partial charge in [0.1, 0.15) is 0 Å². The van der Waals surface area contributed by atoms with E-state index >= 15 is 0 Å². The van der Waals surface area contributed by atoms with Gasteiger partial charge in [-0.3, -0.25) is 0 Å². The molecule has 140 valence electrons. The van der Waals surface area contributed by atoms with Gasteiger partial charge in [-0.15, -0.1) is 0 Å². The Morgan fingerprint density at radius 3 is 2.11 bits per heavy atom. The van der Waals surface area contributed by atoms with E-state index in [1.165, 1.54) is 24.2 Å². The lowest BCUT2D eigenvalue weighted by Gasteiger charge is -2.07. The van der Waals surface area contributed by atoms with Crippen LogP contribution in [0.3, 0.4) is 0 Å². The van der Waals surface area contributed by atoms with Gasteiger partial charge in [-0.25, -0.2) is 9.97 Å². The molecule has 0 spiro atoms. The highest BCUT2D eigenvalue weighted by Crippen LogP contribution is 2.39. The highest BCUT2D eigenvalue weighted by atomic mass is 15.1. The lowest BCUT2D eigenvalue weighted by molar-refractivity contribution is 0.972. The zero-order valence-corrected chi connectivity index (χ0v) is 16.0. The second kappa shape index (κ2) is 8.53. The molecule has 0 amide bonds. The number of benzene rings is 2. The molecular weight excluding hydrogens is 344 g/mol. The molecule has 0 bridgehead atoms. The summed E-state index contributed by atoms with van der Waals surface area (Å²) in [6.45, 7) is 2.02. The van der Waals surface area contributed by atoms with Crippen LogP contribution < -0.4 is 5.32 Å². The minimum absolute atomic E-state index is 0.660. The Balaban J connectivity index is 0.000000151. The van der Waals surface area contributed by atoms with E-state index in [4.69, 9.17) is 0 Å². The van der Waals surface area contributed by atoms with Crippen LogP contribution in [0.15, 0.2) is 91.3 Å². The van der Waals surface area contributed by atoms with E-state index in [2.05, 4.69) is 38.1 Å². The van der Waals surface area contributed by atoms with E-state index in [0.717, 1.165) is 11.4 Å². The van der Waals surface area contributed by atoms with E-state index in [1.54, 1.807) is 0 Å². The van der Waals surface area contributed by atoms with Crippen LogP contribution in [0.5, 0.6) is 0 Å². The summed E-state index contributed by atoms with van der Waals surface area (Å²) in [6, 6.07) is 26.4. The van der Waals surface area contributed by atoms with Crippen molar-refractivity contribution >= 4 is 11.6 Å². The van der Waals surface area contributed by atoms with Crippen molar-refractivity contribution in [3.63, 3.8) is 0 Å². The highest BCUT2D eigenvalue weighted by molar-refractivity contribution is 5.53. The molecule has 5 rings (SSSR count). The third-order valence-corrected chi connectivity index (χ3v) is 4.56. The number of anilines is 2. The fraction of sp³-hybridized carbons (Fsp3) is 0.167. The maximum atomic E-state index is 4.57. The largest absolute Gasteiger partial charge is 0.324 e. The van der Waals surface area contributed by atoms with Crippen LogP contribution in [0.25, 0.3) is 5.69 Å². The van der Waals surface area contributed by atoms with Gasteiger partial charge in [0.25, 0.3) is 0 Å². The van der Waals surface area contributed by atoms with Gasteiger partial charge >= 0.3 is 0 Å². The van der Waals surface area contributed by atoms with Gasteiger partial charge in [0.05, 0.1) is 0 Å². The molecule has 0 radical (unpaired) electrons. The number of aromatic nitrogens is 3. The molecule has 2 aromatic heterocycles. The van der Waals surface area contributed by atoms with Gasteiger partial charge in [0.15, 0.2) is 0 Å². The molecule has 1 saturated carbocycles. The third kappa shape index (κ3) is 4.86. The van der Waals surface area contributed by atoms with Crippen LogP contribution in [-0.4, -0.2) is 14.5 Å². The maximum absolute atomic E-state index is 4.57. The standard InChI is InChI=1S/C14H15N3.C10H9N/c1-10-9-13(11-7-8-11)17-14(15-10)16-12-5-3-2-4-6-12;1-2-6-10(7-3-1)11-8-4-5-9-11/h2-6,9,11H,7-8H2,1H3,(H,15,16,17);1-9H. The number of aryl methyl sites for hydroxylation is 1. The molecule has 2 aromatic carbocycles. The smallest absolute Gasteiger partial charge is 0.227 e. The number of rotatable bonds is 4. The summed E-state index contributed by atoms with van der Waals surface area (Å²) in [5.41, 5.74) is 4.44. The molecule has 1 aliphatic rings. The lowest BCUT2D eigenvalue weighted by Crippen LogP contribution is -2.01. The molecule has 0 atom stereocenters. The summed E-state index contributed by atoms with van der Waals surface area (Å²) in [4.78, 5) is 8.99. The first-order valence-electron chi connectivity index (χ1n) is 9.64. The number of hydrogen-bond acceptors (Lipinski definition) is 3. The summed E-state index contributed by atoms with van der Waals surface area (Å²) in [5, 5.41) is 3.25. The zero-order chi connectivity index (χ0) is 19.2. The fourth-order valence-electron chi connectivity index (χ4n) is 2.99. The average molecular weight is 368 g/mol. The second-order valence-corrected chi connectivity index (χ2v) is 6.95. The average Bonchev–Trinajstić information content (AvgIpc) is 3.44. The number of nitrogens with zero attached hydrogens (tertiary/aromatic N) is 3. The second-order valence-electron chi connectivity index (χ2n) is 6.95. The van der Waals surface area contributed by atoms with Crippen LogP contribution in [0.4, 0.5) is 11.6 Å². The van der Waals surface area contributed by atoms with Gasteiger partial charge < -0.3 is 9.88 Å². The molecule has 2 heterocycles. The summed E-state index contributed by atoms with van der Waals surface area (Å²) >= 11 is 0. The summed E-state index contributed by atoms with van der Waals surface area (Å²) < 4.78 is 2.08. The maximum Gasteiger partial charge on any atom is 0.227 e. The van der Waals surface area contributed by atoms with Crippen LogP contribution in [0.2, 0.25) is 0 Å². The molecule has 4 nitrogen and oxygen atoms in total. The van der Waals surface area contributed by atoms with Crippen LogP contribution in [-0.2, 0) is 0 Å². The number of hydrogen-bond donors (Lipinski definition) is 1. The van der Waals surface area contributed by atoms with Gasteiger partial charge in [0, 0.05) is 41.1 Å². The summed E-state index contributed by atoms with van der Waals surface area (Å²) in [5.74, 6) is 1.37. The molecule has 4 heteroatoms. The van der Waals surface area contributed by atoms with Crippen LogP contribution in [0, 0.1) is 6.92 Å². The summed E-state index contributed by atoms with van der Waals surface area (Å²) in [6.07, 6.45) is 6.60. The van der Waals surface area contributed by atoms with Gasteiger partial charge in [0.2, 0.25) is 5.95 Å². The van der Waals surface area contributed by atoms with Crippen molar-refractivity contribution in [3.8, 4) is 5.69 Å². The van der Waals surface area contributed by atoms with E-state index < -0.39 is 0 Å². The third-order valence-electron chi connectivity index (χ3n) is 4.56. The van der Waals surface area contributed by atoms with Crippen molar-refractivity contribution in [1.82, 2.24) is 14.5 Å². The van der Waals surface area contributed by atoms with E-state index in [0.29, 0.717) is 11.9 Å². The molecule has 1 aliphatic carbocycles. The molecule has 0 unspecified atom stereocenters. The van der Waals surface area contributed by atoms with Crippen LogP contribution >= 0.6 is 0 Å².